The molecule has 1 aromatic carbocycles. The quantitative estimate of drug-likeness (QED) is 0.219. The molecule has 3 N–H and O–H groups in total. The van der Waals surface area contributed by atoms with Crippen molar-refractivity contribution in [1.82, 2.24) is 30.1 Å². The average Bonchev–Trinajstić information content (AvgIpc) is 3.51. The molecule has 188 valence electrons. The molecule has 7 heteroatoms. The molecule has 7 nitrogen and oxygen atoms in total. The Morgan fingerprint density at radius 1 is 0.816 bits per heavy atom. The molecule has 6 aromatic rings. The van der Waals surface area contributed by atoms with Crippen molar-refractivity contribution in [2.24, 2.45) is 5.41 Å². The highest BCUT2D eigenvalue weighted by atomic mass is 15.1. The van der Waals surface area contributed by atoms with Crippen LogP contribution >= 0.6 is 0 Å². The van der Waals surface area contributed by atoms with E-state index in [-0.39, 0.29) is 5.41 Å². The number of nitrogens with zero attached hydrogens (tertiary/aromatic N) is 4. The highest BCUT2D eigenvalue weighted by Crippen LogP contribution is 2.34. The van der Waals surface area contributed by atoms with Gasteiger partial charge in [0.25, 0.3) is 0 Å². The molecule has 0 aliphatic rings. The van der Waals surface area contributed by atoms with Gasteiger partial charge in [0.05, 0.1) is 28.8 Å². The summed E-state index contributed by atoms with van der Waals surface area (Å²) in [6.07, 6.45) is 9.98. The van der Waals surface area contributed by atoms with E-state index in [1.807, 2.05) is 36.8 Å². The standard InChI is InChI=1S/C31H29N7/c1-19(16-31(2,3)4)35-23-13-22(17-33-18-23)21-5-6-27-24(14-21)30(38-37-27)28-15-25-26(36-28)9-12-34-29(25)20-7-10-32-11-8-20/h5-15,17-18,35-36H,1,16H2,2-4H3,(H,37,38). The van der Waals surface area contributed by atoms with Crippen molar-refractivity contribution < 1.29 is 0 Å². The second-order valence-electron chi connectivity index (χ2n) is 10.8. The molecule has 5 aromatic heterocycles. The number of rotatable bonds is 6. The van der Waals surface area contributed by atoms with Gasteiger partial charge in [-0.3, -0.25) is 20.1 Å². The molecule has 0 radical (unpaired) electrons. The second kappa shape index (κ2) is 9.27. The van der Waals surface area contributed by atoms with Crippen molar-refractivity contribution in [2.75, 3.05) is 5.32 Å². The molecule has 0 saturated heterocycles. The van der Waals surface area contributed by atoms with Crippen molar-refractivity contribution in [1.29, 1.82) is 0 Å². The van der Waals surface area contributed by atoms with Crippen LogP contribution < -0.4 is 5.32 Å². The molecule has 0 atom stereocenters. The van der Waals surface area contributed by atoms with E-state index >= 15 is 0 Å². The number of nitrogens with one attached hydrogen (secondary N) is 3. The zero-order valence-corrected chi connectivity index (χ0v) is 21.7. The number of allylic oxidation sites excluding steroid dienone is 1. The molecule has 0 aliphatic heterocycles. The summed E-state index contributed by atoms with van der Waals surface area (Å²) in [5.41, 5.74) is 9.85. The van der Waals surface area contributed by atoms with E-state index in [0.717, 1.165) is 73.4 Å². The van der Waals surface area contributed by atoms with Gasteiger partial charge in [0.1, 0.15) is 5.69 Å². The van der Waals surface area contributed by atoms with Gasteiger partial charge >= 0.3 is 0 Å². The highest BCUT2D eigenvalue weighted by molar-refractivity contribution is 6.00. The molecule has 0 saturated carbocycles. The van der Waals surface area contributed by atoms with E-state index < -0.39 is 0 Å². The summed E-state index contributed by atoms with van der Waals surface area (Å²) < 4.78 is 0. The second-order valence-corrected chi connectivity index (χ2v) is 10.8. The lowest BCUT2D eigenvalue weighted by Gasteiger charge is -2.20. The maximum atomic E-state index is 4.66. The Morgan fingerprint density at radius 3 is 2.45 bits per heavy atom. The Kier molecular flexibility index (Phi) is 5.76. The first-order chi connectivity index (χ1) is 18.3. The minimum absolute atomic E-state index is 0.162. The third-order valence-corrected chi connectivity index (χ3v) is 6.46. The predicted molar refractivity (Wildman–Crippen MR) is 154 cm³/mol. The van der Waals surface area contributed by atoms with Crippen LogP contribution in [0.2, 0.25) is 0 Å². The number of aromatic nitrogens is 6. The third kappa shape index (κ3) is 4.66. The Bertz CT molecular complexity index is 1770. The van der Waals surface area contributed by atoms with Gasteiger partial charge in [-0.05, 0) is 59.9 Å². The molecule has 0 amide bonds. The molecule has 5 heterocycles. The molecule has 6 rings (SSSR count). The van der Waals surface area contributed by atoms with E-state index in [4.69, 9.17) is 0 Å². The number of benzene rings is 1. The normalized spacial score (nSPS) is 11.8. The molecule has 0 spiro atoms. The SMILES string of the molecule is C=C(CC(C)(C)C)Nc1cncc(-c2ccc3[nH]nc(-c4cc5c(-c6ccncc6)nccc5[nH]4)c3c2)c1. The summed E-state index contributed by atoms with van der Waals surface area (Å²) in [5, 5.41) is 13.3. The fourth-order valence-electron chi connectivity index (χ4n) is 4.87. The van der Waals surface area contributed by atoms with Crippen molar-refractivity contribution >= 4 is 27.5 Å². The van der Waals surface area contributed by atoms with Crippen LogP contribution in [-0.2, 0) is 0 Å². The van der Waals surface area contributed by atoms with Crippen molar-refractivity contribution in [3.8, 4) is 33.8 Å². The van der Waals surface area contributed by atoms with Gasteiger partial charge in [-0.1, -0.05) is 33.4 Å². The van der Waals surface area contributed by atoms with Crippen LogP contribution in [0.15, 0.2) is 91.8 Å². The lowest BCUT2D eigenvalue weighted by Crippen LogP contribution is -2.10. The summed E-state index contributed by atoms with van der Waals surface area (Å²) in [7, 11) is 0. The van der Waals surface area contributed by atoms with Crippen molar-refractivity contribution in [3.63, 3.8) is 0 Å². The first-order valence-electron chi connectivity index (χ1n) is 12.6. The summed E-state index contributed by atoms with van der Waals surface area (Å²) >= 11 is 0. The van der Waals surface area contributed by atoms with Gasteiger partial charge in [0.2, 0.25) is 0 Å². The number of hydrogen-bond acceptors (Lipinski definition) is 5. The highest BCUT2D eigenvalue weighted by Gasteiger charge is 2.16. The van der Waals surface area contributed by atoms with Gasteiger partial charge in [-0.2, -0.15) is 5.10 Å². The van der Waals surface area contributed by atoms with Gasteiger partial charge in [-0.15, -0.1) is 0 Å². The van der Waals surface area contributed by atoms with Crippen molar-refractivity contribution in [3.05, 3.63) is 91.8 Å². The fourth-order valence-corrected chi connectivity index (χ4v) is 4.87. The maximum absolute atomic E-state index is 4.66. The number of hydrogen-bond donors (Lipinski definition) is 3. The smallest absolute Gasteiger partial charge is 0.116 e. The zero-order valence-electron chi connectivity index (χ0n) is 21.7. The van der Waals surface area contributed by atoms with E-state index in [1.165, 1.54) is 0 Å². The summed E-state index contributed by atoms with van der Waals surface area (Å²) in [6.45, 7) is 10.8. The molecule has 0 bridgehead atoms. The Hall–Kier alpha value is -4.78. The minimum atomic E-state index is 0.162. The number of aromatic amines is 2. The van der Waals surface area contributed by atoms with Crippen LogP contribution in [0, 0.1) is 5.41 Å². The Balaban J connectivity index is 1.36. The minimum Gasteiger partial charge on any atom is -0.358 e. The number of anilines is 1. The van der Waals surface area contributed by atoms with Gasteiger partial charge in [0.15, 0.2) is 0 Å². The first kappa shape index (κ1) is 23.6. The topological polar surface area (TPSA) is 95.2 Å². The van der Waals surface area contributed by atoms with E-state index in [0.29, 0.717) is 0 Å². The lowest BCUT2D eigenvalue weighted by molar-refractivity contribution is 0.411. The largest absolute Gasteiger partial charge is 0.358 e. The molecular formula is C31H29N7. The van der Waals surface area contributed by atoms with Crippen LogP contribution in [0.5, 0.6) is 0 Å². The number of H-pyrrole nitrogens is 2. The van der Waals surface area contributed by atoms with Crippen LogP contribution in [0.25, 0.3) is 55.6 Å². The Morgan fingerprint density at radius 2 is 1.63 bits per heavy atom. The number of pyridine rings is 3. The third-order valence-electron chi connectivity index (χ3n) is 6.46. The van der Waals surface area contributed by atoms with Crippen LogP contribution in [0.3, 0.4) is 0 Å². The zero-order chi connectivity index (χ0) is 26.3. The van der Waals surface area contributed by atoms with E-state index in [2.05, 4.69) is 93.1 Å². The summed E-state index contributed by atoms with van der Waals surface area (Å²) in [6, 6.07) is 16.5. The van der Waals surface area contributed by atoms with Gasteiger partial charge < -0.3 is 10.3 Å². The molecule has 0 aliphatic carbocycles. The predicted octanol–water partition coefficient (Wildman–Crippen LogP) is 7.59. The van der Waals surface area contributed by atoms with Gasteiger partial charge in [0, 0.05) is 57.9 Å². The first-order valence-corrected chi connectivity index (χ1v) is 12.6. The fraction of sp³-hybridized carbons (Fsp3) is 0.161. The van der Waals surface area contributed by atoms with E-state index in [1.54, 1.807) is 12.4 Å². The van der Waals surface area contributed by atoms with Gasteiger partial charge in [-0.25, -0.2) is 0 Å². The maximum Gasteiger partial charge on any atom is 0.116 e. The summed E-state index contributed by atoms with van der Waals surface area (Å²) in [4.78, 5) is 16.8. The number of fused-ring (bicyclic) bond motifs is 2. The van der Waals surface area contributed by atoms with Crippen molar-refractivity contribution in [2.45, 2.75) is 27.2 Å². The van der Waals surface area contributed by atoms with Crippen LogP contribution in [-0.4, -0.2) is 30.1 Å². The average molecular weight is 500 g/mol. The molecule has 38 heavy (non-hydrogen) atoms. The molecule has 0 fully saturated rings. The molecule has 0 unspecified atom stereocenters. The van der Waals surface area contributed by atoms with Crippen LogP contribution in [0.1, 0.15) is 27.2 Å². The van der Waals surface area contributed by atoms with Crippen LogP contribution in [0.4, 0.5) is 5.69 Å². The summed E-state index contributed by atoms with van der Waals surface area (Å²) in [5.74, 6) is 0. The Labute approximate surface area is 221 Å². The lowest BCUT2D eigenvalue weighted by atomic mass is 9.91. The monoisotopic (exact) mass is 499 g/mol. The van der Waals surface area contributed by atoms with E-state index in [9.17, 15) is 0 Å². The molecular weight excluding hydrogens is 470 g/mol.